The number of ether oxygens (including phenoxy) is 1. The van der Waals surface area contributed by atoms with E-state index in [2.05, 4.69) is 4.90 Å². The maximum Gasteiger partial charge on any atom is 0.120 e. The zero-order valence-corrected chi connectivity index (χ0v) is 12.1. The summed E-state index contributed by atoms with van der Waals surface area (Å²) in [6, 6.07) is 7.49. The topological polar surface area (TPSA) is 32.7 Å². The van der Waals surface area contributed by atoms with Gasteiger partial charge < -0.3 is 14.7 Å². The first-order valence-electron chi connectivity index (χ1n) is 6.94. The van der Waals surface area contributed by atoms with Gasteiger partial charge in [0.2, 0.25) is 0 Å². The summed E-state index contributed by atoms with van der Waals surface area (Å²) in [5.74, 6) is 1.27. The first-order valence-corrected chi connectivity index (χ1v) is 7.32. The van der Waals surface area contributed by atoms with E-state index in [-0.39, 0.29) is 6.10 Å². The summed E-state index contributed by atoms with van der Waals surface area (Å²) in [6.07, 6.45) is 1.92. The molecular weight excluding hydrogens is 262 g/mol. The lowest BCUT2D eigenvalue weighted by molar-refractivity contribution is 0.127. The maximum atomic E-state index is 9.55. The minimum absolute atomic E-state index is 0.187. The summed E-state index contributed by atoms with van der Waals surface area (Å²) in [7, 11) is 0. The van der Waals surface area contributed by atoms with Crippen molar-refractivity contribution in [1.29, 1.82) is 0 Å². The van der Waals surface area contributed by atoms with Crippen molar-refractivity contribution in [1.82, 2.24) is 4.90 Å². The van der Waals surface area contributed by atoms with Gasteiger partial charge in [-0.05, 0) is 50.4 Å². The molecule has 4 heteroatoms. The zero-order valence-electron chi connectivity index (χ0n) is 11.4. The van der Waals surface area contributed by atoms with Crippen LogP contribution < -0.4 is 4.74 Å². The summed E-state index contributed by atoms with van der Waals surface area (Å²) >= 11 is 5.90. The molecule has 1 aromatic carbocycles. The molecule has 0 saturated carbocycles. The van der Waals surface area contributed by atoms with E-state index in [1.165, 1.54) is 0 Å². The zero-order chi connectivity index (χ0) is 13.7. The van der Waals surface area contributed by atoms with Crippen LogP contribution in [0.5, 0.6) is 5.75 Å². The van der Waals surface area contributed by atoms with E-state index >= 15 is 0 Å². The van der Waals surface area contributed by atoms with Gasteiger partial charge >= 0.3 is 0 Å². The Bertz CT molecular complexity index is 397. The van der Waals surface area contributed by atoms with E-state index in [0.29, 0.717) is 17.5 Å². The number of rotatable bonds is 6. The lowest BCUT2D eigenvalue weighted by Crippen LogP contribution is -2.26. The smallest absolute Gasteiger partial charge is 0.120 e. The molecule has 1 heterocycles. The second-order valence-corrected chi connectivity index (χ2v) is 5.69. The van der Waals surface area contributed by atoms with Crippen LogP contribution in [0.15, 0.2) is 24.3 Å². The Balaban J connectivity index is 1.62. The molecule has 0 bridgehead atoms. The highest BCUT2D eigenvalue weighted by Gasteiger charge is 2.25. The van der Waals surface area contributed by atoms with Crippen LogP contribution in [0.2, 0.25) is 5.02 Å². The summed E-state index contributed by atoms with van der Waals surface area (Å²) in [4.78, 5) is 2.40. The van der Waals surface area contributed by atoms with E-state index in [4.69, 9.17) is 16.3 Å². The minimum Gasteiger partial charge on any atom is -0.493 e. The van der Waals surface area contributed by atoms with Crippen LogP contribution in [0, 0.1) is 5.92 Å². The molecule has 2 atom stereocenters. The van der Waals surface area contributed by atoms with Crippen molar-refractivity contribution in [3.8, 4) is 5.75 Å². The summed E-state index contributed by atoms with van der Waals surface area (Å²) in [5.41, 5.74) is 0. The Labute approximate surface area is 120 Å². The number of hydrogen-bond acceptors (Lipinski definition) is 3. The molecule has 2 unspecified atom stereocenters. The van der Waals surface area contributed by atoms with Gasteiger partial charge in [-0.1, -0.05) is 17.7 Å². The summed E-state index contributed by atoms with van der Waals surface area (Å²) < 4.78 is 5.66. The number of aliphatic hydroxyl groups excluding tert-OH is 1. The van der Waals surface area contributed by atoms with Crippen molar-refractivity contribution in [3.63, 3.8) is 0 Å². The lowest BCUT2D eigenvalue weighted by Gasteiger charge is -2.17. The first-order chi connectivity index (χ1) is 9.15. The second-order valence-electron chi connectivity index (χ2n) is 5.25. The SMILES string of the molecule is CC(O)C1CCN(CCCOc2cccc(Cl)c2)C1. The van der Waals surface area contributed by atoms with Gasteiger partial charge in [0.15, 0.2) is 0 Å². The Morgan fingerprint density at radius 1 is 1.53 bits per heavy atom. The van der Waals surface area contributed by atoms with Crippen LogP contribution in [-0.2, 0) is 0 Å². The summed E-state index contributed by atoms with van der Waals surface area (Å²) in [6.45, 7) is 5.72. The highest BCUT2D eigenvalue weighted by Crippen LogP contribution is 2.20. The molecule has 1 fully saturated rings. The van der Waals surface area contributed by atoms with Crippen LogP contribution >= 0.6 is 11.6 Å². The van der Waals surface area contributed by atoms with Crippen LogP contribution in [0.1, 0.15) is 19.8 Å². The highest BCUT2D eigenvalue weighted by molar-refractivity contribution is 6.30. The standard InChI is InChI=1S/C15H22ClNO2/c1-12(18)13-6-8-17(11-13)7-3-9-19-15-5-2-4-14(16)10-15/h2,4-5,10,12-13,18H,3,6-9,11H2,1H3. The van der Waals surface area contributed by atoms with E-state index < -0.39 is 0 Å². The van der Waals surface area contributed by atoms with Gasteiger partial charge in [-0.2, -0.15) is 0 Å². The van der Waals surface area contributed by atoms with Crippen molar-refractivity contribution in [2.75, 3.05) is 26.2 Å². The fourth-order valence-corrected chi connectivity index (χ4v) is 2.67. The van der Waals surface area contributed by atoms with E-state index in [9.17, 15) is 5.11 Å². The number of likely N-dealkylation sites (tertiary alicyclic amines) is 1. The molecule has 1 aliphatic heterocycles. The molecule has 0 aliphatic carbocycles. The molecule has 1 N–H and O–H groups in total. The Kier molecular flexibility index (Phi) is 5.49. The van der Waals surface area contributed by atoms with Gasteiger partial charge in [-0.15, -0.1) is 0 Å². The molecule has 0 amide bonds. The van der Waals surface area contributed by atoms with E-state index in [1.807, 2.05) is 31.2 Å². The van der Waals surface area contributed by atoms with Crippen LogP contribution in [0.25, 0.3) is 0 Å². The molecule has 1 aromatic rings. The maximum absolute atomic E-state index is 9.55. The second kappa shape index (κ2) is 7.13. The largest absolute Gasteiger partial charge is 0.493 e. The number of nitrogens with zero attached hydrogens (tertiary/aromatic N) is 1. The molecular formula is C15H22ClNO2. The average molecular weight is 284 g/mol. The van der Waals surface area contributed by atoms with E-state index in [0.717, 1.165) is 38.2 Å². The fourth-order valence-electron chi connectivity index (χ4n) is 2.49. The molecule has 2 rings (SSSR count). The Morgan fingerprint density at radius 3 is 3.05 bits per heavy atom. The first kappa shape index (κ1) is 14.6. The number of benzene rings is 1. The highest BCUT2D eigenvalue weighted by atomic mass is 35.5. The lowest BCUT2D eigenvalue weighted by atomic mass is 10.0. The van der Waals surface area contributed by atoms with Gasteiger partial charge in [0.05, 0.1) is 12.7 Å². The van der Waals surface area contributed by atoms with Crippen molar-refractivity contribution in [2.45, 2.75) is 25.9 Å². The molecule has 0 aromatic heterocycles. The molecule has 106 valence electrons. The molecule has 1 saturated heterocycles. The normalized spacial score (nSPS) is 21.5. The average Bonchev–Trinajstić information content (AvgIpc) is 2.84. The van der Waals surface area contributed by atoms with Crippen molar-refractivity contribution < 1.29 is 9.84 Å². The van der Waals surface area contributed by atoms with Crippen LogP contribution in [0.3, 0.4) is 0 Å². The number of hydrogen-bond donors (Lipinski definition) is 1. The summed E-state index contributed by atoms with van der Waals surface area (Å²) in [5, 5.41) is 10.3. The van der Waals surface area contributed by atoms with Crippen molar-refractivity contribution in [2.24, 2.45) is 5.92 Å². The predicted octanol–water partition coefficient (Wildman–Crippen LogP) is 2.81. The molecule has 3 nitrogen and oxygen atoms in total. The van der Waals surface area contributed by atoms with Crippen molar-refractivity contribution in [3.05, 3.63) is 29.3 Å². The van der Waals surface area contributed by atoms with Gasteiger partial charge in [0, 0.05) is 18.1 Å². The quantitative estimate of drug-likeness (QED) is 0.815. The predicted molar refractivity (Wildman–Crippen MR) is 77.8 cm³/mol. The van der Waals surface area contributed by atoms with Gasteiger partial charge in [0.25, 0.3) is 0 Å². The van der Waals surface area contributed by atoms with Gasteiger partial charge in [0.1, 0.15) is 5.75 Å². The monoisotopic (exact) mass is 283 g/mol. The third-order valence-corrected chi connectivity index (χ3v) is 3.91. The third-order valence-electron chi connectivity index (χ3n) is 3.67. The Hall–Kier alpha value is -0.770. The number of halogens is 1. The van der Waals surface area contributed by atoms with Crippen LogP contribution in [-0.4, -0.2) is 42.4 Å². The fraction of sp³-hybridized carbons (Fsp3) is 0.600. The molecule has 1 aliphatic rings. The third kappa shape index (κ3) is 4.68. The van der Waals surface area contributed by atoms with Gasteiger partial charge in [-0.25, -0.2) is 0 Å². The molecule has 19 heavy (non-hydrogen) atoms. The van der Waals surface area contributed by atoms with Crippen molar-refractivity contribution >= 4 is 11.6 Å². The minimum atomic E-state index is -0.187. The molecule has 0 spiro atoms. The number of aliphatic hydroxyl groups is 1. The Morgan fingerprint density at radius 2 is 2.37 bits per heavy atom. The van der Waals surface area contributed by atoms with Gasteiger partial charge in [-0.3, -0.25) is 0 Å². The van der Waals surface area contributed by atoms with E-state index in [1.54, 1.807) is 0 Å². The molecule has 0 radical (unpaired) electrons. The van der Waals surface area contributed by atoms with Crippen LogP contribution in [0.4, 0.5) is 0 Å².